The van der Waals surface area contributed by atoms with Gasteiger partial charge in [0.15, 0.2) is 0 Å². The number of hydrogen-bond acceptors (Lipinski definition) is 9. The lowest BCUT2D eigenvalue weighted by Gasteiger charge is -2.35. The Morgan fingerprint density at radius 3 is 2.63 bits per heavy atom. The molecule has 1 fully saturated rings. The summed E-state index contributed by atoms with van der Waals surface area (Å²) >= 11 is 1.49. The Morgan fingerprint density at radius 1 is 1.15 bits per heavy atom. The van der Waals surface area contributed by atoms with E-state index >= 15 is 0 Å². The number of benzene rings is 2. The van der Waals surface area contributed by atoms with Gasteiger partial charge in [-0.15, -0.1) is 11.3 Å². The number of carboxylic acids is 1. The second-order valence-corrected chi connectivity index (χ2v) is 12.6. The van der Waals surface area contributed by atoms with Crippen LogP contribution in [-0.2, 0) is 32.2 Å². The molecule has 0 aliphatic carbocycles. The number of aliphatic hydroxyl groups excluding tert-OH is 1. The molecular formula is C33H38N4O8S. The molecule has 3 atom stereocenters. The molecule has 1 unspecified atom stereocenters. The first-order valence-electron chi connectivity index (χ1n) is 15.2. The minimum Gasteiger partial charge on any atom is -0.491 e. The second kappa shape index (κ2) is 14.4. The monoisotopic (exact) mass is 650 g/mol. The first kappa shape index (κ1) is 33.0. The van der Waals surface area contributed by atoms with Gasteiger partial charge < -0.3 is 34.8 Å². The number of carbonyl (C=O) groups is 4. The van der Waals surface area contributed by atoms with Crippen molar-refractivity contribution in [1.29, 1.82) is 0 Å². The van der Waals surface area contributed by atoms with Gasteiger partial charge in [0, 0.05) is 37.2 Å². The van der Waals surface area contributed by atoms with Crippen LogP contribution in [0.2, 0.25) is 0 Å². The Labute approximate surface area is 270 Å². The van der Waals surface area contributed by atoms with Crippen LogP contribution in [0.1, 0.15) is 47.4 Å². The molecule has 0 spiro atoms. The number of aliphatic carboxylic acids is 1. The van der Waals surface area contributed by atoms with Gasteiger partial charge in [-0.1, -0.05) is 44.2 Å². The van der Waals surface area contributed by atoms with E-state index in [1.807, 2.05) is 51.1 Å². The average Bonchev–Trinajstić information content (AvgIpc) is 3.72. The minimum atomic E-state index is -1.08. The molecule has 2 aliphatic rings. The third kappa shape index (κ3) is 7.22. The van der Waals surface area contributed by atoms with Crippen LogP contribution in [0, 0.1) is 12.8 Å². The number of nitrogens with zero attached hydrogens (tertiary/aromatic N) is 3. The summed E-state index contributed by atoms with van der Waals surface area (Å²) in [5, 5.41) is 22.3. The predicted octanol–water partition coefficient (Wildman–Crippen LogP) is 2.86. The van der Waals surface area contributed by atoms with E-state index in [2.05, 4.69) is 10.3 Å². The van der Waals surface area contributed by atoms with E-state index in [9.17, 15) is 24.3 Å². The van der Waals surface area contributed by atoms with E-state index in [1.54, 1.807) is 22.5 Å². The first-order chi connectivity index (χ1) is 22.0. The Hall–Kier alpha value is -4.33. The number of amides is 3. The number of thiazole rings is 1. The van der Waals surface area contributed by atoms with Gasteiger partial charge in [0.25, 0.3) is 5.91 Å². The molecule has 12 nitrogen and oxygen atoms in total. The highest BCUT2D eigenvalue weighted by molar-refractivity contribution is 7.13. The molecule has 13 heteroatoms. The zero-order valence-electron chi connectivity index (χ0n) is 26.0. The van der Waals surface area contributed by atoms with Crippen LogP contribution in [0.15, 0.2) is 48.0 Å². The minimum absolute atomic E-state index is 0.0112. The van der Waals surface area contributed by atoms with Crippen LogP contribution in [-0.4, -0.2) is 93.2 Å². The van der Waals surface area contributed by atoms with E-state index in [0.717, 1.165) is 21.7 Å². The normalized spacial score (nSPS) is 18.2. The van der Waals surface area contributed by atoms with Gasteiger partial charge in [-0.2, -0.15) is 0 Å². The molecule has 0 saturated carbocycles. The fourth-order valence-corrected chi connectivity index (χ4v) is 6.78. The van der Waals surface area contributed by atoms with Gasteiger partial charge >= 0.3 is 5.97 Å². The lowest BCUT2D eigenvalue weighted by molar-refractivity contribution is -0.143. The van der Waals surface area contributed by atoms with Crippen molar-refractivity contribution in [1.82, 2.24) is 20.1 Å². The standard InChI is InChI=1S/C33H38N4O8S/c1-19(2)29(37-15-23-6-4-5-7-25(23)32(37)42)33(43)36-16-24(38)13-26(36)31(41)34-14-22-9-8-21(30-20(3)35-18-46-30)12-27(22)45-11-10-44-17-28(39)40/h4-9,12,18-19,24,26,29,38H,10-11,13-17H2,1-3H3,(H,34,41)(H,39,40)/t24-,26+,29?/m1/s1. The number of carbonyl (C=O) groups excluding carboxylic acids is 3. The molecule has 2 aliphatic heterocycles. The molecule has 3 aromatic rings. The summed E-state index contributed by atoms with van der Waals surface area (Å²) in [5.74, 6) is -1.85. The Kier molecular flexibility index (Phi) is 10.3. The summed E-state index contributed by atoms with van der Waals surface area (Å²) in [6.07, 6.45) is -0.810. The fourth-order valence-electron chi connectivity index (χ4n) is 5.98. The molecule has 46 heavy (non-hydrogen) atoms. The third-order valence-electron chi connectivity index (χ3n) is 8.17. The highest BCUT2D eigenvalue weighted by Gasteiger charge is 2.45. The SMILES string of the molecule is Cc1ncsc1-c1ccc(CNC(=O)[C@@H]2C[C@@H](O)CN2C(=O)C(C(C)C)N2Cc3ccccc3C2=O)c(OCCOCC(=O)O)c1. The van der Waals surface area contributed by atoms with Gasteiger partial charge in [-0.05, 0) is 36.1 Å². The Morgan fingerprint density at radius 2 is 1.93 bits per heavy atom. The number of aryl methyl sites for hydroxylation is 1. The van der Waals surface area contributed by atoms with E-state index in [4.69, 9.17) is 14.6 Å². The number of hydrogen-bond donors (Lipinski definition) is 3. The topological polar surface area (TPSA) is 159 Å². The van der Waals surface area contributed by atoms with E-state index in [0.29, 0.717) is 23.4 Å². The number of carboxylic acid groups (broad SMARTS) is 1. The summed E-state index contributed by atoms with van der Waals surface area (Å²) < 4.78 is 11.1. The first-order valence-corrected chi connectivity index (χ1v) is 16.0. The molecule has 244 valence electrons. The van der Waals surface area contributed by atoms with Crippen molar-refractivity contribution in [2.75, 3.05) is 26.4 Å². The molecule has 1 aromatic heterocycles. The van der Waals surface area contributed by atoms with Crippen LogP contribution in [0.5, 0.6) is 5.75 Å². The van der Waals surface area contributed by atoms with Gasteiger partial charge in [-0.25, -0.2) is 9.78 Å². The fraction of sp³-hybridized carbons (Fsp3) is 0.424. The van der Waals surface area contributed by atoms with Crippen LogP contribution in [0.25, 0.3) is 10.4 Å². The van der Waals surface area contributed by atoms with Crippen molar-refractivity contribution in [2.45, 2.75) is 58.5 Å². The molecule has 5 rings (SSSR count). The van der Waals surface area contributed by atoms with Crippen molar-refractivity contribution in [3.05, 3.63) is 70.4 Å². The maximum atomic E-state index is 14.0. The summed E-state index contributed by atoms with van der Waals surface area (Å²) in [7, 11) is 0. The largest absolute Gasteiger partial charge is 0.491 e. The third-order valence-corrected chi connectivity index (χ3v) is 9.15. The van der Waals surface area contributed by atoms with Crippen molar-refractivity contribution in [3.8, 4) is 16.2 Å². The number of likely N-dealkylation sites (tertiary alicyclic amines) is 1. The maximum Gasteiger partial charge on any atom is 0.329 e. The molecule has 3 amide bonds. The Balaban J connectivity index is 1.30. The number of aliphatic hydroxyl groups is 1. The molecule has 0 radical (unpaired) electrons. The molecular weight excluding hydrogens is 612 g/mol. The molecule has 3 heterocycles. The summed E-state index contributed by atoms with van der Waals surface area (Å²) in [6, 6.07) is 11.1. The number of rotatable bonds is 13. The summed E-state index contributed by atoms with van der Waals surface area (Å²) in [6.45, 7) is 5.72. The lowest BCUT2D eigenvalue weighted by atomic mass is 10.0. The van der Waals surface area contributed by atoms with Crippen molar-refractivity contribution >= 4 is 35.0 Å². The van der Waals surface area contributed by atoms with Crippen LogP contribution < -0.4 is 10.1 Å². The van der Waals surface area contributed by atoms with Crippen LogP contribution in [0.4, 0.5) is 0 Å². The lowest BCUT2D eigenvalue weighted by Crippen LogP contribution is -2.55. The van der Waals surface area contributed by atoms with E-state index in [1.165, 1.54) is 16.2 Å². The zero-order chi connectivity index (χ0) is 33.0. The van der Waals surface area contributed by atoms with Crippen molar-refractivity contribution in [2.24, 2.45) is 5.92 Å². The van der Waals surface area contributed by atoms with E-state index < -0.39 is 36.7 Å². The zero-order valence-corrected chi connectivity index (χ0v) is 26.8. The number of fused-ring (bicyclic) bond motifs is 1. The highest BCUT2D eigenvalue weighted by Crippen LogP contribution is 2.33. The highest BCUT2D eigenvalue weighted by atomic mass is 32.1. The van der Waals surface area contributed by atoms with Crippen molar-refractivity contribution in [3.63, 3.8) is 0 Å². The summed E-state index contributed by atoms with van der Waals surface area (Å²) in [4.78, 5) is 59.9. The number of aromatic nitrogens is 1. The average molecular weight is 651 g/mol. The second-order valence-electron chi connectivity index (χ2n) is 11.8. The summed E-state index contributed by atoms with van der Waals surface area (Å²) in [5.41, 5.74) is 5.58. The quantitative estimate of drug-likeness (QED) is 0.237. The van der Waals surface area contributed by atoms with Gasteiger partial charge in [0.2, 0.25) is 11.8 Å². The van der Waals surface area contributed by atoms with Crippen LogP contribution in [0.3, 0.4) is 0 Å². The van der Waals surface area contributed by atoms with Gasteiger partial charge in [-0.3, -0.25) is 14.4 Å². The van der Waals surface area contributed by atoms with Gasteiger partial charge in [0.1, 0.15) is 31.0 Å². The predicted molar refractivity (Wildman–Crippen MR) is 169 cm³/mol. The number of nitrogens with one attached hydrogen (secondary N) is 1. The Bertz CT molecular complexity index is 1610. The van der Waals surface area contributed by atoms with E-state index in [-0.39, 0.29) is 50.5 Å². The van der Waals surface area contributed by atoms with Gasteiger partial charge in [0.05, 0.1) is 28.8 Å². The van der Waals surface area contributed by atoms with Crippen LogP contribution >= 0.6 is 11.3 Å². The molecule has 2 aromatic carbocycles. The molecule has 0 bridgehead atoms. The number of ether oxygens (including phenoxy) is 2. The van der Waals surface area contributed by atoms with Crippen molar-refractivity contribution < 1.29 is 38.9 Å². The molecule has 1 saturated heterocycles. The smallest absolute Gasteiger partial charge is 0.329 e. The number of β-amino-alcohol motifs (C(OH)–C–C–N with tert-alkyl or cyclic N) is 1. The molecule has 3 N–H and O–H groups in total. The maximum absolute atomic E-state index is 14.0.